The summed E-state index contributed by atoms with van der Waals surface area (Å²) >= 11 is 0. The van der Waals surface area contributed by atoms with E-state index in [2.05, 4.69) is 29.0 Å². The minimum absolute atomic E-state index is 0.00790. The van der Waals surface area contributed by atoms with E-state index >= 15 is 0 Å². The van der Waals surface area contributed by atoms with Crippen molar-refractivity contribution in [2.75, 3.05) is 19.7 Å². The number of aromatic nitrogens is 2. The first-order valence-corrected chi connectivity index (χ1v) is 13.9. The van der Waals surface area contributed by atoms with E-state index in [0.29, 0.717) is 24.1 Å². The van der Waals surface area contributed by atoms with Crippen LogP contribution in [-0.2, 0) is 13.1 Å². The van der Waals surface area contributed by atoms with Crippen LogP contribution in [0, 0.1) is 17.6 Å². The summed E-state index contributed by atoms with van der Waals surface area (Å²) in [7, 11) is 0. The van der Waals surface area contributed by atoms with Gasteiger partial charge in [0.05, 0.1) is 18.7 Å². The Balaban J connectivity index is 1.25. The summed E-state index contributed by atoms with van der Waals surface area (Å²) in [6.45, 7) is 7.45. The fourth-order valence-electron chi connectivity index (χ4n) is 5.26. The Morgan fingerprint density at radius 2 is 1.93 bits per heavy atom. The molecule has 1 amide bonds. The van der Waals surface area contributed by atoms with Gasteiger partial charge in [0, 0.05) is 42.8 Å². The molecule has 1 atom stereocenters. The highest BCUT2D eigenvalue weighted by atomic mass is 19.2. The van der Waals surface area contributed by atoms with Gasteiger partial charge in [0.2, 0.25) is 0 Å². The first-order valence-electron chi connectivity index (χ1n) is 13.9. The number of rotatable bonds is 9. The molecular weight excluding hydrogens is 526 g/mol. The number of nitrogens with zero attached hydrogens (tertiary/aromatic N) is 3. The highest BCUT2D eigenvalue weighted by Crippen LogP contribution is 2.27. The van der Waals surface area contributed by atoms with Crippen molar-refractivity contribution in [1.29, 1.82) is 0 Å². The lowest BCUT2D eigenvalue weighted by atomic mass is 9.98. The van der Waals surface area contributed by atoms with E-state index in [9.17, 15) is 18.4 Å². The number of likely N-dealkylation sites (tertiary alicyclic amines) is 1. The molecule has 5 rings (SSSR count). The van der Waals surface area contributed by atoms with Crippen LogP contribution >= 0.6 is 0 Å². The predicted octanol–water partition coefficient (Wildman–Crippen LogP) is 5.15. The lowest BCUT2D eigenvalue weighted by Crippen LogP contribution is -2.41. The second-order valence-electron chi connectivity index (χ2n) is 10.9. The van der Waals surface area contributed by atoms with Crippen LogP contribution in [0.3, 0.4) is 0 Å². The molecule has 0 bridgehead atoms. The van der Waals surface area contributed by atoms with E-state index in [0.717, 1.165) is 53.9 Å². The molecule has 1 aliphatic rings. The lowest BCUT2D eigenvalue weighted by molar-refractivity contribution is 0.0948. The van der Waals surface area contributed by atoms with Crippen molar-refractivity contribution in [3.8, 4) is 5.75 Å². The minimum atomic E-state index is -0.990. The van der Waals surface area contributed by atoms with E-state index < -0.39 is 23.1 Å². The average molecular weight is 561 g/mol. The molecule has 0 spiro atoms. The van der Waals surface area contributed by atoms with E-state index in [4.69, 9.17) is 4.74 Å². The molecule has 7 nitrogen and oxygen atoms in total. The second kappa shape index (κ2) is 12.6. The van der Waals surface area contributed by atoms with Gasteiger partial charge in [0.15, 0.2) is 11.6 Å². The molecule has 3 heterocycles. The summed E-state index contributed by atoms with van der Waals surface area (Å²) in [6, 6.07) is 14.6. The average Bonchev–Trinajstić information content (AvgIpc) is 2.97. The molecule has 214 valence electrons. The number of hydrogen-bond acceptors (Lipinski definition) is 5. The highest BCUT2D eigenvalue weighted by molar-refractivity contribution is 5.93. The van der Waals surface area contributed by atoms with Crippen LogP contribution in [-0.4, -0.2) is 46.1 Å². The van der Waals surface area contributed by atoms with Crippen LogP contribution in [0.4, 0.5) is 8.78 Å². The maximum Gasteiger partial charge on any atom is 0.263 e. The van der Waals surface area contributed by atoms with Crippen LogP contribution in [0.1, 0.15) is 48.2 Å². The van der Waals surface area contributed by atoms with Crippen molar-refractivity contribution in [3.63, 3.8) is 0 Å². The topological polar surface area (TPSA) is 76.5 Å². The number of carbonyl (C=O) groups excluding carboxylic acids is 1. The molecule has 0 aliphatic carbocycles. The monoisotopic (exact) mass is 560 g/mol. The summed E-state index contributed by atoms with van der Waals surface area (Å²) in [5, 5.41) is 3.68. The number of carbonyl (C=O) groups is 1. The van der Waals surface area contributed by atoms with Gasteiger partial charge in [-0.05, 0) is 86.8 Å². The Kier molecular flexibility index (Phi) is 8.73. The normalized spacial score (nSPS) is 15.8. The first-order chi connectivity index (χ1) is 19.8. The number of ether oxygens (including phenoxy) is 1. The quantitative estimate of drug-likeness (QED) is 0.306. The van der Waals surface area contributed by atoms with Gasteiger partial charge in [0.25, 0.3) is 11.5 Å². The molecule has 2 aromatic carbocycles. The zero-order valence-electron chi connectivity index (χ0n) is 23.3. The number of nitrogens with one attached hydrogen (secondary N) is 1. The van der Waals surface area contributed by atoms with Crippen molar-refractivity contribution < 1.29 is 18.3 Å². The third kappa shape index (κ3) is 6.79. The maximum absolute atomic E-state index is 13.6. The fourth-order valence-corrected chi connectivity index (χ4v) is 5.26. The first kappa shape index (κ1) is 28.4. The molecule has 9 heteroatoms. The van der Waals surface area contributed by atoms with Gasteiger partial charge >= 0.3 is 0 Å². The Morgan fingerprint density at radius 3 is 2.73 bits per heavy atom. The Labute approximate surface area is 237 Å². The molecule has 1 N–H and O–H groups in total. The molecule has 0 radical (unpaired) electrons. The van der Waals surface area contributed by atoms with Crippen LogP contribution in [0.5, 0.6) is 5.75 Å². The smallest absolute Gasteiger partial charge is 0.263 e. The van der Waals surface area contributed by atoms with Crippen molar-refractivity contribution in [1.82, 2.24) is 19.8 Å². The minimum Gasteiger partial charge on any atom is -0.492 e. The number of pyridine rings is 2. The maximum atomic E-state index is 13.6. The van der Waals surface area contributed by atoms with Crippen molar-refractivity contribution in [3.05, 3.63) is 106 Å². The number of amides is 1. The molecule has 1 saturated heterocycles. The van der Waals surface area contributed by atoms with Gasteiger partial charge < -0.3 is 19.5 Å². The molecule has 4 aromatic rings. The molecule has 0 unspecified atom stereocenters. The van der Waals surface area contributed by atoms with Gasteiger partial charge in [-0.1, -0.05) is 12.1 Å². The summed E-state index contributed by atoms with van der Waals surface area (Å²) in [4.78, 5) is 32.9. The zero-order valence-corrected chi connectivity index (χ0v) is 23.3. The Bertz CT molecular complexity index is 1600. The predicted molar refractivity (Wildman–Crippen MR) is 154 cm³/mol. The van der Waals surface area contributed by atoms with Crippen molar-refractivity contribution in [2.45, 2.75) is 45.8 Å². The number of hydrogen-bond donors (Lipinski definition) is 1. The number of fused-ring (bicyclic) bond motifs is 1. The summed E-state index contributed by atoms with van der Waals surface area (Å²) in [5.74, 6) is -1.25. The zero-order chi connectivity index (χ0) is 28.9. The molecule has 2 aromatic heterocycles. The Morgan fingerprint density at radius 1 is 1.10 bits per heavy atom. The van der Waals surface area contributed by atoms with Gasteiger partial charge in [-0.15, -0.1) is 0 Å². The molecule has 1 fully saturated rings. The third-order valence-electron chi connectivity index (χ3n) is 7.58. The van der Waals surface area contributed by atoms with Gasteiger partial charge in [-0.25, -0.2) is 8.78 Å². The summed E-state index contributed by atoms with van der Waals surface area (Å²) in [5.41, 5.74) is 1.49. The van der Waals surface area contributed by atoms with Gasteiger partial charge in [0.1, 0.15) is 11.3 Å². The van der Waals surface area contributed by atoms with Gasteiger partial charge in [-0.3, -0.25) is 14.6 Å². The SMILES string of the molecule is CC(C)N1CCC[C@@H](COc2ccnc3ccc(CNC(=O)c4cccn(Cc5ccc(F)c(F)c5)c4=O)cc23)C1. The van der Waals surface area contributed by atoms with Crippen LogP contribution in [0.2, 0.25) is 0 Å². The van der Waals surface area contributed by atoms with Crippen LogP contribution in [0.15, 0.2) is 71.8 Å². The van der Waals surface area contributed by atoms with Gasteiger partial charge in [-0.2, -0.15) is 0 Å². The molecule has 41 heavy (non-hydrogen) atoms. The van der Waals surface area contributed by atoms with Crippen molar-refractivity contribution in [2.24, 2.45) is 5.92 Å². The van der Waals surface area contributed by atoms with E-state index in [1.54, 1.807) is 12.3 Å². The highest BCUT2D eigenvalue weighted by Gasteiger charge is 2.22. The number of piperidine rings is 1. The van der Waals surface area contributed by atoms with E-state index in [-0.39, 0.29) is 18.7 Å². The van der Waals surface area contributed by atoms with Crippen LogP contribution in [0.25, 0.3) is 10.9 Å². The fraction of sp³-hybridized carbons (Fsp3) is 0.344. The number of benzene rings is 2. The lowest BCUT2D eigenvalue weighted by Gasteiger charge is -2.35. The molecule has 1 aliphatic heterocycles. The van der Waals surface area contributed by atoms with E-state index in [1.165, 1.54) is 29.3 Å². The van der Waals surface area contributed by atoms with Crippen LogP contribution < -0.4 is 15.6 Å². The molecule has 0 saturated carbocycles. The van der Waals surface area contributed by atoms with E-state index in [1.807, 2.05) is 24.3 Å². The number of halogens is 2. The second-order valence-corrected chi connectivity index (χ2v) is 10.9. The Hall–Kier alpha value is -4.11. The van der Waals surface area contributed by atoms with Crippen molar-refractivity contribution >= 4 is 16.8 Å². The summed E-state index contributed by atoms with van der Waals surface area (Å²) in [6.07, 6.45) is 5.56. The third-order valence-corrected chi connectivity index (χ3v) is 7.58. The standard InChI is InChI=1S/C32H34F2N4O3/c1-21(2)37-13-3-5-24(19-37)20-41-30-11-12-35-29-10-8-22(15-26(29)30)17-36-31(39)25-6-4-14-38(32(25)40)18-23-7-9-27(33)28(34)16-23/h4,6-12,14-16,21,24H,3,5,13,17-20H2,1-2H3,(H,36,39)/t24-/m1/s1. The molecular formula is C32H34F2N4O3. The largest absolute Gasteiger partial charge is 0.492 e. The summed E-state index contributed by atoms with van der Waals surface area (Å²) < 4.78 is 34.4.